The fourth-order valence-corrected chi connectivity index (χ4v) is 2.91. The summed E-state index contributed by atoms with van der Waals surface area (Å²) in [6.07, 6.45) is 0. The third-order valence-corrected chi connectivity index (χ3v) is 4.70. The highest BCUT2D eigenvalue weighted by Crippen LogP contribution is 2.18. The van der Waals surface area contributed by atoms with Gasteiger partial charge in [0.2, 0.25) is 0 Å². The van der Waals surface area contributed by atoms with Gasteiger partial charge in [0.25, 0.3) is 0 Å². The number of hydrogen-bond donors (Lipinski definition) is 1. The molecule has 0 spiro atoms. The van der Waals surface area contributed by atoms with Crippen LogP contribution in [-0.4, -0.2) is 12.1 Å². The molecule has 138 valence electrons. The predicted molar refractivity (Wildman–Crippen MR) is 114 cm³/mol. The van der Waals surface area contributed by atoms with Crippen molar-refractivity contribution < 1.29 is 9.47 Å². The molecule has 3 rings (SSSR count). The van der Waals surface area contributed by atoms with Crippen LogP contribution in [0.5, 0.6) is 11.5 Å². The number of benzene rings is 3. The molecule has 0 aromatic heterocycles. The van der Waals surface area contributed by atoms with Crippen LogP contribution in [0.2, 0.25) is 5.02 Å². The Morgan fingerprint density at radius 2 is 1.67 bits per heavy atom. The highest BCUT2D eigenvalue weighted by atomic mass is 35.5. The number of thiocarbonyl (C=S) groups is 1. The van der Waals surface area contributed by atoms with Crippen LogP contribution in [-0.2, 0) is 13.2 Å². The van der Waals surface area contributed by atoms with E-state index >= 15 is 0 Å². The minimum absolute atomic E-state index is 0.493. The van der Waals surface area contributed by atoms with Crippen LogP contribution in [0.3, 0.4) is 0 Å². The van der Waals surface area contributed by atoms with Gasteiger partial charge in [-0.3, -0.25) is 0 Å². The van der Waals surface area contributed by atoms with Gasteiger partial charge in [-0.2, -0.15) is 0 Å². The van der Waals surface area contributed by atoms with E-state index < -0.39 is 0 Å². The molecular formula is C22H20ClNO2S. The van der Waals surface area contributed by atoms with Crippen LogP contribution in [0.1, 0.15) is 16.7 Å². The van der Waals surface area contributed by atoms with Crippen molar-refractivity contribution >= 4 is 28.8 Å². The first-order chi connectivity index (χ1) is 13.2. The summed E-state index contributed by atoms with van der Waals surface area (Å²) >= 11 is 11.4. The molecule has 0 amide bonds. The second-order valence-electron chi connectivity index (χ2n) is 5.93. The molecule has 0 atom stereocenters. The van der Waals surface area contributed by atoms with Gasteiger partial charge in [0.1, 0.15) is 23.1 Å². The average molecular weight is 398 g/mol. The molecule has 0 bridgehead atoms. The molecule has 0 radical (unpaired) electrons. The van der Waals surface area contributed by atoms with Gasteiger partial charge in [-0.1, -0.05) is 54.2 Å². The SMILES string of the molecule is COc1ccccc1CNC(=S)c1ccc(OCc2ccc(Cl)cc2)cc1. The van der Waals surface area contributed by atoms with E-state index in [2.05, 4.69) is 5.32 Å². The van der Waals surface area contributed by atoms with E-state index in [-0.39, 0.29) is 0 Å². The summed E-state index contributed by atoms with van der Waals surface area (Å²) in [5.74, 6) is 1.64. The van der Waals surface area contributed by atoms with Crippen molar-refractivity contribution in [3.63, 3.8) is 0 Å². The number of methoxy groups -OCH3 is 1. The quantitative estimate of drug-likeness (QED) is 0.541. The first-order valence-electron chi connectivity index (χ1n) is 8.53. The van der Waals surface area contributed by atoms with E-state index in [1.54, 1.807) is 7.11 Å². The van der Waals surface area contributed by atoms with E-state index in [9.17, 15) is 0 Å². The van der Waals surface area contributed by atoms with Crippen LogP contribution in [0.25, 0.3) is 0 Å². The monoisotopic (exact) mass is 397 g/mol. The number of ether oxygens (including phenoxy) is 2. The van der Waals surface area contributed by atoms with Crippen molar-refractivity contribution in [2.45, 2.75) is 13.2 Å². The third-order valence-electron chi connectivity index (χ3n) is 4.07. The second-order valence-corrected chi connectivity index (χ2v) is 6.78. The van der Waals surface area contributed by atoms with Crippen molar-refractivity contribution in [3.8, 4) is 11.5 Å². The van der Waals surface area contributed by atoms with E-state index in [1.807, 2.05) is 72.8 Å². The summed E-state index contributed by atoms with van der Waals surface area (Å²) in [6, 6.07) is 23.2. The maximum Gasteiger partial charge on any atom is 0.123 e. The van der Waals surface area contributed by atoms with Gasteiger partial charge in [-0.05, 0) is 48.0 Å². The molecular weight excluding hydrogens is 378 g/mol. The molecule has 3 aromatic carbocycles. The third kappa shape index (κ3) is 5.46. The minimum atomic E-state index is 0.493. The van der Waals surface area contributed by atoms with Gasteiger partial charge in [0.15, 0.2) is 0 Å². The van der Waals surface area contributed by atoms with Crippen LogP contribution < -0.4 is 14.8 Å². The highest BCUT2D eigenvalue weighted by molar-refractivity contribution is 7.80. The summed E-state index contributed by atoms with van der Waals surface area (Å²) < 4.78 is 11.2. The number of para-hydroxylation sites is 1. The zero-order chi connectivity index (χ0) is 19.1. The number of rotatable bonds is 7. The van der Waals surface area contributed by atoms with Gasteiger partial charge >= 0.3 is 0 Å². The average Bonchev–Trinajstić information content (AvgIpc) is 2.72. The Morgan fingerprint density at radius 3 is 2.37 bits per heavy atom. The van der Waals surface area contributed by atoms with Gasteiger partial charge in [-0.25, -0.2) is 0 Å². The molecule has 0 aliphatic carbocycles. The molecule has 0 saturated heterocycles. The van der Waals surface area contributed by atoms with Crippen molar-refractivity contribution in [3.05, 3.63) is 94.5 Å². The summed E-state index contributed by atoms with van der Waals surface area (Å²) in [5.41, 5.74) is 3.07. The molecule has 3 aromatic rings. The lowest BCUT2D eigenvalue weighted by molar-refractivity contribution is 0.306. The summed E-state index contributed by atoms with van der Waals surface area (Å²) in [5, 5.41) is 3.99. The molecule has 0 saturated carbocycles. The number of halogens is 1. The summed E-state index contributed by atoms with van der Waals surface area (Å²) in [6.45, 7) is 1.10. The maximum absolute atomic E-state index is 5.89. The molecule has 5 heteroatoms. The Bertz CT molecular complexity index is 895. The fourth-order valence-electron chi connectivity index (χ4n) is 2.58. The lowest BCUT2D eigenvalue weighted by Crippen LogP contribution is -2.21. The van der Waals surface area contributed by atoms with E-state index in [0.29, 0.717) is 18.1 Å². The van der Waals surface area contributed by atoms with Crippen molar-refractivity contribution in [2.24, 2.45) is 0 Å². The Kier molecular flexibility index (Phi) is 6.69. The Balaban J connectivity index is 1.54. The largest absolute Gasteiger partial charge is 0.496 e. The van der Waals surface area contributed by atoms with E-state index in [1.165, 1.54) is 0 Å². The van der Waals surface area contributed by atoms with E-state index in [0.717, 1.165) is 33.2 Å². The van der Waals surface area contributed by atoms with E-state index in [4.69, 9.17) is 33.3 Å². The van der Waals surface area contributed by atoms with Gasteiger partial charge < -0.3 is 14.8 Å². The molecule has 0 unspecified atom stereocenters. The predicted octanol–water partition coefficient (Wildman–Crippen LogP) is 5.39. The molecule has 0 aliphatic rings. The van der Waals surface area contributed by atoms with Crippen molar-refractivity contribution in [2.75, 3.05) is 7.11 Å². The first kappa shape index (κ1) is 19.2. The highest BCUT2D eigenvalue weighted by Gasteiger charge is 2.05. The maximum atomic E-state index is 5.89. The van der Waals surface area contributed by atoms with Crippen LogP contribution >= 0.6 is 23.8 Å². The van der Waals surface area contributed by atoms with Crippen LogP contribution in [0, 0.1) is 0 Å². The lowest BCUT2D eigenvalue weighted by atomic mass is 10.2. The minimum Gasteiger partial charge on any atom is -0.496 e. The van der Waals surface area contributed by atoms with Gasteiger partial charge in [-0.15, -0.1) is 0 Å². The second kappa shape index (κ2) is 9.40. The van der Waals surface area contributed by atoms with Gasteiger partial charge in [0.05, 0.1) is 7.11 Å². The normalized spacial score (nSPS) is 10.3. The van der Waals surface area contributed by atoms with Crippen LogP contribution in [0.15, 0.2) is 72.8 Å². The zero-order valence-electron chi connectivity index (χ0n) is 14.9. The Labute approximate surface area is 169 Å². The molecule has 3 nitrogen and oxygen atoms in total. The Morgan fingerprint density at radius 1 is 0.963 bits per heavy atom. The number of nitrogens with one attached hydrogen (secondary N) is 1. The fraction of sp³-hybridized carbons (Fsp3) is 0.136. The number of hydrogen-bond acceptors (Lipinski definition) is 3. The Hall–Kier alpha value is -2.56. The zero-order valence-corrected chi connectivity index (χ0v) is 16.5. The first-order valence-corrected chi connectivity index (χ1v) is 9.32. The molecule has 0 fully saturated rings. The molecule has 0 aliphatic heterocycles. The topological polar surface area (TPSA) is 30.5 Å². The van der Waals surface area contributed by atoms with Crippen LogP contribution in [0.4, 0.5) is 0 Å². The van der Waals surface area contributed by atoms with Crippen molar-refractivity contribution in [1.29, 1.82) is 0 Å². The smallest absolute Gasteiger partial charge is 0.123 e. The molecule has 27 heavy (non-hydrogen) atoms. The summed E-state index contributed by atoms with van der Waals surface area (Å²) in [7, 11) is 1.67. The molecule has 1 N–H and O–H groups in total. The lowest BCUT2D eigenvalue weighted by Gasteiger charge is -2.12. The summed E-state index contributed by atoms with van der Waals surface area (Å²) in [4.78, 5) is 0.685. The standard InChI is InChI=1S/C22H20ClNO2S/c1-25-21-5-3-2-4-18(21)14-24-22(27)17-8-12-20(13-9-17)26-15-16-6-10-19(23)11-7-16/h2-13H,14-15H2,1H3,(H,24,27). The molecule has 0 heterocycles. The van der Waals surface area contributed by atoms with Gasteiger partial charge in [0, 0.05) is 22.7 Å². The van der Waals surface area contributed by atoms with Crippen molar-refractivity contribution in [1.82, 2.24) is 5.32 Å².